The molecule has 0 fully saturated rings. The van der Waals surface area contributed by atoms with Crippen LogP contribution in [-0.2, 0) is 0 Å². The second-order valence-corrected chi connectivity index (χ2v) is 3.81. The van der Waals surface area contributed by atoms with E-state index < -0.39 is 0 Å². The van der Waals surface area contributed by atoms with Gasteiger partial charge in [0.1, 0.15) is 0 Å². The smallest absolute Gasteiger partial charge is 0.0346 e. The predicted molar refractivity (Wildman–Crippen MR) is 84.8 cm³/mol. The van der Waals surface area contributed by atoms with Crippen molar-refractivity contribution < 1.29 is 0 Å². The Morgan fingerprint density at radius 2 is 1.78 bits per heavy atom. The van der Waals surface area contributed by atoms with E-state index in [2.05, 4.69) is 44.5 Å². The van der Waals surface area contributed by atoms with Crippen LogP contribution in [0.4, 0.5) is 0 Å². The molecule has 1 aromatic heterocycles. The lowest BCUT2D eigenvalue weighted by atomic mass is 10.1. The number of nitrogens with zero attached hydrogens (tertiary/aromatic N) is 1. The highest BCUT2D eigenvalue weighted by Crippen LogP contribution is 2.06. The fourth-order valence-corrected chi connectivity index (χ4v) is 0.999. The van der Waals surface area contributed by atoms with Crippen LogP contribution in [-0.4, -0.2) is 4.98 Å². The summed E-state index contributed by atoms with van der Waals surface area (Å²) in [6.45, 7) is 18.5. The van der Waals surface area contributed by atoms with Crippen molar-refractivity contribution in [3.05, 3.63) is 40.5 Å². The first-order chi connectivity index (χ1) is 8.61. The Labute approximate surface area is 113 Å². The predicted octanol–water partition coefficient (Wildman–Crippen LogP) is 3.93. The molecule has 18 heavy (non-hydrogen) atoms. The Morgan fingerprint density at radius 1 is 1.22 bits per heavy atom. The molecule has 0 unspecified atom stereocenters. The molecule has 0 aliphatic rings. The summed E-state index contributed by atoms with van der Waals surface area (Å²) >= 11 is 0. The fraction of sp³-hybridized carbons (Fsp3) is 0.471. The quantitative estimate of drug-likeness (QED) is 0.771. The van der Waals surface area contributed by atoms with Crippen LogP contribution in [0, 0.1) is 5.92 Å². The number of hydrogen-bond acceptors (Lipinski definition) is 1. The molecule has 0 N–H and O–H groups in total. The third-order valence-corrected chi connectivity index (χ3v) is 2.38. The van der Waals surface area contributed by atoms with Gasteiger partial charge in [-0.3, -0.25) is 4.98 Å². The topological polar surface area (TPSA) is 12.9 Å². The van der Waals surface area contributed by atoms with Crippen LogP contribution in [0.5, 0.6) is 0 Å². The average Bonchev–Trinajstić information content (AvgIpc) is 2.42. The molecule has 1 rings (SSSR count). The molecule has 0 saturated heterocycles. The van der Waals surface area contributed by atoms with Gasteiger partial charge in [-0.05, 0) is 29.3 Å². The number of rotatable bonds is 2. The van der Waals surface area contributed by atoms with Crippen LogP contribution in [0.1, 0.15) is 48.5 Å². The maximum Gasteiger partial charge on any atom is 0.0346 e. The highest BCUT2D eigenvalue weighted by molar-refractivity contribution is 5.39. The second-order valence-electron chi connectivity index (χ2n) is 3.81. The molecule has 0 amide bonds. The first-order valence-corrected chi connectivity index (χ1v) is 6.88. The maximum absolute atomic E-state index is 4.07. The molecule has 0 spiro atoms. The van der Waals surface area contributed by atoms with Crippen LogP contribution in [0.2, 0.25) is 0 Å². The summed E-state index contributed by atoms with van der Waals surface area (Å²) in [4.78, 5) is 4.07. The van der Waals surface area contributed by atoms with Gasteiger partial charge in [-0.1, -0.05) is 65.8 Å². The monoisotopic (exact) mass is 247 g/mol. The Balaban J connectivity index is 0. The minimum atomic E-state index is 0.594. The SMILES string of the molecule is C=c1ccnc/c1=C/C=C(\C)C(C)C.CC.CC. The molecular formula is C17H29N. The standard InChI is InChI=1S/C13H17N.2C2H6/c1-10(2)11(3)5-6-13-9-14-8-7-12(13)4;2*1-2/h5-10H,4H2,1-3H3;2*1-2H3/b11-5+,13-6-;;. The second kappa shape index (κ2) is 12.1. The van der Waals surface area contributed by atoms with Gasteiger partial charge in [-0.25, -0.2) is 0 Å². The van der Waals surface area contributed by atoms with E-state index >= 15 is 0 Å². The van der Waals surface area contributed by atoms with Crippen molar-refractivity contribution >= 4 is 12.7 Å². The van der Waals surface area contributed by atoms with E-state index in [4.69, 9.17) is 0 Å². The van der Waals surface area contributed by atoms with Gasteiger partial charge in [0.2, 0.25) is 0 Å². The highest BCUT2D eigenvalue weighted by atomic mass is 14.6. The summed E-state index contributed by atoms with van der Waals surface area (Å²) in [5.74, 6) is 0.594. The molecule has 102 valence electrons. The molecule has 1 nitrogen and oxygen atoms in total. The Morgan fingerprint density at radius 3 is 2.22 bits per heavy atom. The van der Waals surface area contributed by atoms with Gasteiger partial charge in [-0.2, -0.15) is 0 Å². The summed E-state index contributed by atoms with van der Waals surface area (Å²) < 4.78 is 0. The Bertz CT molecular complexity index is 427. The van der Waals surface area contributed by atoms with Crippen molar-refractivity contribution in [1.82, 2.24) is 4.98 Å². The minimum Gasteiger partial charge on any atom is -0.264 e. The summed E-state index contributed by atoms with van der Waals surface area (Å²) in [6, 6.07) is 1.92. The minimum absolute atomic E-state index is 0.594. The first kappa shape index (κ1) is 19.0. The lowest BCUT2D eigenvalue weighted by molar-refractivity contribution is 0.770. The van der Waals surface area contributed by atoms with Gasteiger partial charge in [-0.15, -0.1) is 0 Å². The third-order valence-electron chi connectivity index (χ3n) is 2.38. The molecule has 1 aromatic rings. The summed E-state index contributed by atoms with van der Waals surface area (Å²) in [7, 11) is 0. The molecule has 1 heteroatoms. The van der Waals surface area contributed by atoms with Crippen molar-refractivity contribution in [3.8, 4) is 0 Å². The van der Waals surface area contributed by atoms with Gasteiger partial charge in [0.15, 0.2) is 0 Å². The van der Waals surface area contributed by atoms with Crippen molar-refractivity contribution in [2.24, 2.45) is 5.92 Å². The molecular weight excluding hydrogens is 218 g/mol. The normalized spacial score (nSPS) is 11.3. The van der Waals surface area contributed by atoms with Crippen LogP contribution in [0.3, 0.4) is 0 Å². The van der Waals surface area contributed by atoms with Gasteiger partial charge in [0, 0.05) is 12.4 Å². The van der Waals surface area contributed by atoms with Gasteiger partial charge >= 0.3 is 0 Å². The molecule has 0 aromatic carbocycles. The van der Waals surface area contributed by atoms with Crippen LogP contribution < -0.4 is 10.4 Å². The largest absolute Gasteiger partial charge is 0.264 e. The number of pyridine rings is 1. The zero-order chi connectivity index (χ0) is 14.6. The third kappa shape index (κ3) is 7.83. The molecule has 0 radical (unpaired) electrons. The molecule has 1 heterocycles. The lowest BCUT2D eigenvalue weighted by Crippen LogP contribution is -2.22. The number of hydrogen-bond donors (Lipinski definition) is 0. The van der Waals surface area contributed by atoms with E-state index in [1.165, 1.54) is 5.57 Å². The summed E-state index contributed by atoms with van der Waals surface area (Å²) in [5, 5.41) is 2.11. The molecule has 0 bridgehead atoms. The van der Waals surface area contributed by atoms with E-state index in [9.17, 15) is 0 Å². The Kier molecular flexibility index (Phi) is 12.8. The number of aromatic nitrogens is 1. The van der Waals surface area contributed by atoms with Gasteiger partial charge in [0.05, 0.1) is 0 Å². The molecule has 0 atom stereocenters. The molecule has 0 aliphatic heterocycles. The fourth-order valence-electron chi connectivity index (χ4n) is 0.999. The molecule has 0 aliphatic carbocycles. The molecule has 0 saturated carbocycles. The zero-order valence-corrected chi connectivity index (χ0v) is 13.1. The maximum atomic E-state index is 4.07. The number of allylic oxidation sites excluding steroid dienone is 2. The highest BCUT2D eigenvalue weighted by Gasteiger charge is 1.92. The van der Waals surface area contributed by atoms with Crippen molar-refractivity contribution in [2.75, 3.05) is 0 Å². The average molecular weight is 247 g/mol. The van der Waals surface area contributed by atoms with E-state index in [0.717, 1.165) is 10.4 Å². The van der Waals surface area contributed by atoms with Gasteiger partial charge in [0.25, 0.3) is 0 Å². The summed E-state index contributed by atoms with van der Waals surface area (Å²) in [6.07, 6.45) is 7.81. The van der Waals surface area contributed by atoms with Crippen molar-refractivity contribution in [3.63, 3.8) is 0 Å². The van der Waals surface area contributed by atoms with Crippen LogP contribution in [0.25, 0.3) is 12.7 Å². The van der Waals surface area contributed by atoms with Crippen molar-refractivity contribution in [2.45, 2.75) is 48.5 Å². The van der Waals surface area contributed by atoms with Crippen LogP contribution in [0.15, 0.2) is 30.1 Å². The van der Waals surface area contributed by atoms with Gasteiger partial charge < -0.3 is 0 Å². The van der Waals surface area contributed by atoms with E-state index in [1.807, 2.05) is 40.0 Å². The lowest BCUT2D eigenvalue weighted by Gasteiger charge is -2.01. The Hall–Kier alpha value is -1.37. The van der Waals surface area contributed by atoms with E-state index in [1.54, 1.807) is 6.20 Å². The van der Waals surface area contributed by atoms with E-state index in [0.29, 0.717) is 5.92 Å². The van der Waals surface area contributed by atoms with Crippen molar-refractivity contribution in [1.29, 1.82) is 0 Å². The first-order valence-electron chi connectivity index (χ1n) is 6.88. The van der Waals surface area contributed by atoms with Crippen LogP contribution >= 0.6 is 0 Å². The zero-order valence-electron chi connectivity index (χ0n) is 13.1. The van der Waals surface area contributed by atoms with E-state index in [-0.39, 0.29) is 0 Å². The summed E-state index contributed by atoms with van der Waals surface area (Å²) in [5.41, 5.74) is 1.37.